The first kappa shape index (κ1) is 13.0. The third-order valence-electron chi connectivity index (χ3n) is 2.26. The minimum Gasteiger partial charge on any atom is -0.463 e. The van der Waals surface area contributed by atoms with Crippen molar-refractivity contribution in [2.75, 3.05) is 6.61 Å². The van der Waals surface area contributed by atoms with Crippen molar-refractivity contribution < 1.29 is 28.2 Å². The Morgan fingerprint density at radius 1 is 1.42 bits per heavy atom. The Kier molecular flexibility index (Phi) is 3.74. The Morgan fingerprint density at radius 3 is 2.89 bits per heavy atom. The van der Waals surface area contributed by atoms with Crippen molar-refractivity contribution in [2.45, 2.75) is 20.1 Å². The van der Waals surface area contributed by atoms with Crippen molar-refractivity contribution in [3.8, 4) is 0 Å². The van der Waals surface area contributed by atoms with E-state index in [9.17, 15) is 9.59 Å². The summed E-state index contributed by atoms with van der Waals surface area (Å²) in [5, 5.41) is 0. The van der Waals surface area contributed by atoms with Gasteiger partial charge in [0.1, 0.15) is 5.69 Å². The highest BCUT2D eigenvalue weighted by Gasteiger charge is 2.18. The summed E-state index contributed by atoms with van der Waals surface area (Å²) in [5.41, 5.74) is 1.45. The Morgan fingerprint density at radius 2 is 2.21 bits per heavy atom. The number of carbonyl (C=O) groups is 2. The van der Waals surface area contributed by atoms with Gasteiger partial charge in [-0.15, -0.1) is 0 Å². The van der Waals surface area contributed by atoms with Crippen LogP contribution in [0.2, 0.25) is 0 Å². The molecule has 0 amide bonds. The number of H-pyrrole nitrogens is 1. The normalized spacial score (nSPS) is 12.1. The third kappa shape index (κ3) is 3.06. The van der Waals surface area contributed by atoms with Crippen molar-refractivity contribution in [1.29, 1.82) is 0 Å². The molecule has 0 fully saturated rings. The van der Waals surface area contributed by atoms with Gasteiger partial charge in [0.25, 0.3) is 0 Å². The molecule has 0 radical (unpaired) electrons. The average Bonchev–Trinajstić information content (AvgIpc) is 2.88. The van der Waals surface area contributed by atoms with E-state index in [1.54, 1.807) is 13.0 Å². The van der Waals surface area contributed by atoms with Crippen LogP contribution in [-0.4, -0.2) is 30.0 Å². The molecule has 0 aromatic carbocycles. The molecule has 0 saturated heterocycles. The quantitative estimate of drug-likeness (QED) is 0.675. The molecule has 0 saturated carbocycles. The first-order chi connectivity index (χ1) is 9.10. The van der Waals surface area contributed by atoms with Gasteiger partial charge < -0.3 is 23.6 Å². The van der Waals surface area contributed by atoms with Gasteiger partial charge in [0.15, 0.2) is 5.58 Å². The summed E-state index contributed by atoms with van der Waals surface area (Å²) in [6, 6.07) is 3.19. The summed E-state index contributed by atoms with van der Waals surface area (Å²) < 4.78 is 19.3. The van der Waals surface area contributed by atoms with Gasteiger partial charge in [0.2, 0.25) is 6.29 Å². The van der Waals surface area contributed by atoms with Gasteiger partial charge in [-0.25, -0.2) is 9.59 Å². The van der Waals surface area contributed by atoms with Crippen molar-refractivity contribution in [2.24, 2.45) is 0 Å². The zero-order valence-corrected chi connectivity index (χ0v) is 10.5. The topological polar surface area (TPSA) is 90.8 Å². The minimum absolute atomic E-state index is 0.187. The summed E-state index contributed by atoms with van der Waals surface area (Å²) in [6.07, 6.45) is -0.424. The molecular formula is C12H13NO6. The van der Waals surface area contributed by atoms with Crippen LogP contribution in [-0.2, 0) is 14.2 Å². The van der Waals surface area contributed by atoms with Crippen molar-refractivity contribution in [1.82, 2.24) is 4.98 Å². The lowest BCUT2D eigenvalue weighted by Crippen LogP contribution is -2.22. The van der Waals surface area contributed by atoms with E-state index in [0.29, 0.717) is 11.1 Å². The SMILES string of the molecule is CCOC(=O)OC(C)OC(=O)c1cc2occc2[nH]1. The van der Waals surface area contributed by atoms with Gasteiger partial charge in [0, 0.05) is 19.1 Å². The number of aromatic amines is 1. The molecule has 2 rings (SSSR count). The summed E-state index contributed by atoms with van der Waals surface area (Å²) in [4.78, 5) is 25.6. The molecule has 102 valence electrons. The maximum absolute atomic E-state index is 11.7. The van der Waals surface area contributed by atoms with Crippen LogP contribution in [0.3, 0.4) is 0 Å². The van der Waals surface area contributed by atoms with Crippen LogP contribution in [0.1, 0.15) is 24.3 Å². The molecule has 0 bridgehead atoms. The second-order valence-electron chi connectivity index (χ2n) is 3.66. The van der Waals surface area contributed by atoms with Crippen LogP contribution in [0.25, 0.3) is 11.1 Å². The first-order valence-electron chi connectivity index (χ1n) is 5.70. The van der Waals surface area contributed by atoms with Crippen molar-refractivity contribution in [3.63, 3.8) is 0 Å². The Labute approximate surface area is 108 Å². The molecule has 1 unspecified atom stereocenters. The molecule has 0 spiro atoms. The monoisotopic (exact) mass is 267 g/mol. The van der Waals surface area contributed by atoms with E-state index in [2.05, 4.69) is 9.72 Å². The third-order valence-corrected chi connectivity index (χ3v) is 2.26. The Balaban J connectivity index is 1.93. The van der Waals surface area contributed by atoms with Crippen LogP contribution < -0.4 is 0 Å². The molecular weight excluding hydrogens is 254 g/mol. The fourth-order valence-corrected chi connectivity index (χ4v) is 1.48. The van der Waals surface area contributed by atoms with E-state index in [-0.39, 0.29) is 12.3 Å². The van der Waals surface area contributed by atoms with E-state index >= 15 is 0 Å². The van der Waals surface area contributed by atoms with Gasteiger partial charge >= 0.3 is 12.1 Å². The number of rotatable bonds is 4. The van der Waals surface area contributed by atoms with Gasteiger partial charge in [-0.1, -0.05) is 0 Å². The lowest BCUT2D eigenvalue weighted by Gasteiger charge is -2.12. The van der Waals surface area contributed by atoms with E-state index in [0.717, 1.165) is 0 Å². The number of hydrogen-bond acceptors (Lipinski definition) is 6. The first-order valence-corrected chi connectivity index (χ1v) is 5.70. The molecule has 1 atom stereocenters. The van der Waals surface area contributed by atoms with Crippen LogP contribution in [0.4, 0.5) is 4.79 Å². The van der Waals surface area contributed by atoms with Crippen LogP contribution in [0.15, 0.2) is 22.8 Å². The van der Waals surface area contributed by atoms with E-state index in [4.69, 9.17) is 13.9 Å². The lowest BCUT2D eigenvalue weighted by molar-refractivity contribution is -0.0813. The van der Waals surface area contributed by atoms with Crippen molar-refractivity contribution >= 4 is 23.2 Å². The molecule has 19 heavy (non-hydrogen) atoms. The number of hydrogen-bond donors (Lipinski definition) is 1. The molecule has 2 aromatic heterocycles. The number of aromatic nitrogens is 1. The summed E-state index contributed by atoms with van der Waals surface area (Å²) in [7, 11) is 0. The lowest BCUT2D eigenvalue weighted by atomic mass is 10.4. The molecule has 2 aromatic rings. The average molecular weight is 267 g/mol. The fourth-order valence-electron chi connectivity index (χ4n) is 1.48. The standard InChI is InChI=1S/C12H13NO6/c1-3-16-12(15)19-7(2)18-11(14)9-6-10-8(13-9)4-5-17-10/h4-7,13H,3H2,1-2H3. The molecule has 0 aliphatic rings. The number of ether oxygens (including phenoxy) is 3. The Bertz CT molecular complexity index is 555. The highest BCUT2D eigenvalue weighted by atomic mass is 16.8. The van der Waals surface area contributed by atoms with Crippen LogP contribution in [0, 0.1) is 0 Å². The highest BCUT2D eigenvalue weighted by Crippen LogP contribution is 2.17. The number of fused-ring (bicyclic) bond motifs is 1. The maximum atomic E-state index is 11.7. The second-order valence-corrected chi connectivity index (χ2v) is 3.66. The van der Waals surface area contributed by atoms with E-state index in [1.807, 2.05) is 0 Å². The number of carbonyl (C=O) groups excluding carboxylic acids is 2. The highest BCUT2D eigenvalue weighted by molar-refractivity contribution is 5.93. The molecule has 0 aliphatic heterocycles. The predicted molar refractivity (Wildman–Crippen MR) is 63.5 cm³/mol. The minimum atomic E-state index is -1.04. The Hall–Kier alpha value is -2.44. The maximum Gasteiger partial charge on any atom is 0.511 e. The van der Waals surface area contributed by atoms with Crippen LogP contribution >= 0.6 is 0 Å². The summed E-state index contributed by atoms with van der Waals surface area (Å²) in [6.45, 7) is 3.25. The van der Waals surface area contributed by atoms with Crippen LogP contribution in [0.5, 0.6) is 0 Å². The second kappa shape index (κ2) is 5.47. The van der Waals surface area contributed by atoms with E-state index < -0.39 is 18.4 Å². The summed E-state index contributed by atoms with van der Waals surface area (Å²) in [5.74, 6) is -0.650. The number of esters is 1. The smallest absolute Gasteiger partial charge is 0.463 e. The molecule has 7 heteroatoms. The summed E-state index contributed by atoms with van der Waals surface area (Å²) >= 11 is 0. The molecule has 2 heterocycles. The van der Waals surface area contributed by atoms with Gasteiger partial charge in [-0.05, 0) is 6.92 Å². The fraction of sp³-hybridized carbons (Fsp3) is 0.333. The number of furan rings is 1. The zero-order valence-electron chi connectivity index (χ0n) is 10.5. The predicted octanol–water partition coefficient (Wildman–Crippen LogP) is 2.44. The number of nitrogens with one attached hydrogen (secondary N) is 1. The molecule has 1 N–H and O–H groups in total. The molecule has 7 nitrogen and oxygen atoms in total. The largest absolute Gasteiger partial charge is 0.511 e. The van der Waals surface area contributed by atoms with Gasteiger partial charge in [0.05, 0.1) is 18.4 Å². The van der Waals surface area contributed by atoms with Gasteiger partial charge in [-0.2, -0.15) is 0 Å². The van der Waals surface area contributed by atoms with Gasteiger partial charge in [-0.3, -0.25) is 0 Å². The molecule has 0 aliphatic carbocycles. The van der Waals surface area contributed by atoms with E-state index in [1.165, 1.54) is 19.3 Å². The van der Waals surface area contributed by atoms with Crippen molar-refractivity contribution in [3.05, 3.63) is 24.1 Å². The zero-order chi connectivity index (χ0) is 13.8.